The van der Waals surface area contributed by atoms with Crippen molar-refractivity contribution < 1.29 is 4.74 Å². The van der Waals surface area contributed by atoms with Crippen LogP contribution in [-0.4, -0.2) is 29.5 Å². The summed E-state index contributed by atoms with van der Waals surface area (Å²) in [5.41, 5.74) is 3.73. The van der Waals surface area contributed by atoms with Gasteiger partial charge in [0.05, 0.1) is 12.3 Å². The molecule has 2 heterocycles. The predicted molar refractivity (Wildman–Crippen MR) is 67.9 cm³/mol. The standard InChI is InChI=1S/C13H23N3O/c1-10-13(11(2)16(3)15-10)8-14-7-12-5-4-6-17-9-12/h12,14H,4-9H2,1-3H3/t12-/m1/s1. The fourth-order valence-corrected chi connectivity index (χ4v) is 2.44. The Bertz CT molecular complexity index is 367. The lowest BCUT2D eigenvalue weighted by atomic mass is 10.0. The van der Waals surface area contributed by atoms with E-state index in [4.69, 9.17) is 4.74 Å². The highest BCUT2D eigenvalue weighted by molar-refractivity contribution is 5.23. The van der Waals surface area contributed by atoms with Crippen molar-refractivity contribution in [2.24, 2.45) is 13.0 Å². The molecule has 0 amide bonds. The number of nitrogens with zero attached hydrogens (tertiary/aromatic N) is 2. The molecule has 0 radical (unpaired) electrons. The summed E-state index contributed by atoms with van der Waals surface area (Å²) < 4.78 is 7.43. The lowest BCUT2D eigenvalue weighted by molar-refractivity contribution is 0.0547. The van der Waals surface area contributed by atoms with E-state index in [0.717, 1.165) is 32.0 Å². The number of nitrogens with one attached hydrogen (secondary N) is 1. The van der Waals surface area contributed by atoms with Crippen LogP contribution in [0.25, 0.3) is 0 Å². The molecule has 96 valence electrons. The van der Waals surface area contributed by atoms with Crippen molar-refractivity contribution in [1.29, 1.82) is 0 Å². The summed E-state index contributed by atoms with van der Waals surface area (Å²) in [6.07, 6.45) is 2.50. The highest BCUT2D eigenvalue weighted by Crippen LogP contribution is 2.14. The zero-order chi connectivity index (χ0) is 12.3. The molecule has 1 aromatic rings. The number of hydrogen-bond acceptors (Lipinski definition) is 3. The van der Waals surface area contributed by atoms with Crippen LogP contribution in [0.15, 0.2) is 0 Å². The van der Waals surface area contributed by atoms with E-state index in [1.54, 1.807) is 0 Å². The largest absolute Gasteiger partial charge is 0.381 e. The fourth-order valence-electron chi connectivity index (χ4n) is 2.44. The van der Waals surface area contributed by atoms with Crippen molar-refractivity contribution in [3.63, 3.8) is 0 Å². The van der Waals surface area contributed by atoms with Crippen LogP contribution in [-0.2, 0) is 18.3 Å². The maximum Gasteiger partial charge on any atom is 0.0641 e. The molecule has 1 aliphatic heterocycles. The normalized spacial score (nSPS) is 20.8. The average Bonchev–Trinajstić information content (AvgIpc) is 2.57. The number of ether oxygens (including phenoxy) is 1. The summed E-state index contributed by atoms with van der Waals surface area (Å²) in [6.45, 7) is 8.03. The Kier molecular flexibility index (Phi) is 4.18. The predicted octanol–water partition coefficient (Wildman–Crippen LogP) is 1.55. The maximum absolute atomic E-state index is 5.48. The quantitative estimate of drug-likeness (QED) is 0.863. The summed E-state index contributed by atoms with van der Waals surface area (Å²) in [5.74, 6) is 0.682. The minimum atomic E-state index is 0.682. The monoisotopic (exact) mass is 237 g/mol. The summed E-state index contributed by atoms with van der Waals surface area (Å²) in [4.78, 5) is 0. The summed E-state index contributed by atoms with van der Waals surface area (Å²) >= 11 is 0. The van der Waals surface area contributed by atoms with Crippen molar-refractivity contribution in [3.05, 3.63) is 17.0 Å². The van der Waals surface area contributed by atoms with Gasteiger partial charge in [0.2, 0.25) is 0 Å². The first-order valence-corrected chi connectivity index (χ1v) is 6.46. The van der Waals surface area contributed by atoms with Gasteiger partial charge in [-0.1, -0.05) is 0 Å². The van der Waals surface area contributed by atoms with Crippen LogP contribution in [0.3, 0.4) is 0 Å². The topological polar surface area (TPSA) is 39.1 Å². The first kappa shape index (κ1) is 12.6. The van der Waals surface area contributed by atoms with E-state index >= 15 is 0 Å². The molecule has 1 atom stereocenters. The summed E-state index contributed by atoms with van der Waals surface area (Å²) in [6, 6.07) is 0. The van der Waals surface area contributed by atoms with Crippen molar-refractivity contribution in [2.45, 2.75) is 33.2 Å². The van der Waals surface area contributed by atoms with Crippen molar-refractivity contribution in [3.8, 4) is 0 Å². The third kappa shape index (κ3) is 3.07. The molecule has 1 aromatic heterocycles. The molecule has 2 rings (SSSR count). The third-order valence-corrected chi connectivity index (χ3v) is 3.65. The van der Waals surface area contributed by atoms with Crippen LogP contribution in [0.5, 0.6) is 0 Å². The van der Waals surface area contributed by atoms with Gasteiger partial charge in [-0.2, -0.15) is 5.10 Å². The second-order valence-electron chi connectivity index (χ2n) is 4.99. The Balaban J connectivity index is 1.81. The summed E-state index contributed by atoms with van der Waals surface area (Å²) in [5, 5.41) is 7.96. The summed E-state index contributed by atoms with van der Waals surface area (Å²) in [7, 11) is 2.00. The molecular formula is C13H23N3O. The molecule has 4 nitrogen and oxygen atoms in total. The van der Waals surface area contributed by atoms with Gasteiger partial charge in [-0.15, -0.1) is 0 Å². The molecule has 0 bridgehead atoms. The van der Waals surface area contributed by atoms with E-state index in [1.807, 2.05) is 11.7 Å². The van der Waals surface area contributed by atoms with Gasteiger partial charge < -0.3 is 10.1 Å². The molecule has 0 spiro atoms. The van der Waals surface area contributed by atoms with Gasteiger partial charge in [-0.3, -0.25) is 4.68 Å². The molecule has 0 unspecified atom stereocenters. The number of aromatic nitrogens is 2. The van der Waals surface area contributed by atoms with Crippen LogP contribution in [0.4, 0.5) is 0 Å². The Morgan fingerprint density at radius 2 is 2.29 bits per heavy atom. The van der Waals surface area contributed by atoms with Crippen LogP contribution in [0, 0.1) is 19.8 Å². The fraction of sp³-hybridized carbons (Fsp3) is 0.769. The van der Waals surface area contributed by atoms with Crippen LogP contribution in [0.1, 0.15) is 29.8 Å². The molecule has 0 aromatic carbocycles. The first-order chi connectivity index (χ1) is 8.18. The lowest BCUT2D eigenvalue weighted by Crippen LogP contribution is -2.29. The van der Waals surface area contributed by atoms with Gasteiger partial charge in [-0.05, 0) is 32.6 Å². The molecule has 1 saturated heterocycles. The Morgan fingerprint density at radius 3 is 2.88 bits per heavy atom. The van der Waals surface area contributed by atoms with E-state index in [9.17, 15) is 0 Å². The van der Waals surface area contributed by atoms with Gasteiger partial charge in [-0.25, -0.2) is 0 Å². The Morgan fingerprint density at radius 1 is 1.47 bits per heavy atom. The van der Waals surface area contributed by atoms with E-state index in [2.05, 4.69) is 24.3 Å². The molecule has 0 aliphatic carbocycles. The van der Waals surface area contributed by atoms with E-state index in [1.165, 1.54) is 24.1 Å². The first-order valence-electron chi connectivity index (χ1n) is 6.46. The minimum absolute atomic E-state index is 0.682. The Hall–Kier alpha value is -0.870. The zero-order valence-electron chi connectivity index (χ0n) is 11.1. The van der Waals surface area contributed by atoms with Crippen LogP contribution >= 0.6 is 0 Å². The zero-order valence-corrected chi connectivity index (χ0v) is 11.1. The molecule has 1 aliphatic rings. The molecular weight excluding hydrogens is 214 g/mol. The SMILES string of the molecule is Cc1nn(C)c(C)c1CNC[C@H]1CCCOC1. The molecule has 1 fully saturated rings. The van der Waals surface area contributed by atoms with Crippen molar-refractivity contribution in [1.82, 2.24) is 15.1 Å². The highest BCUT2D eigenvalue weighted by Gasteiger charge is 2.14. The minimum Gasteiger partial charge on any atom is -0.381 e. The van der Waals surface area contributed by atoms with Gasteiger partial charge in [0.15, 0.2) is 0 Å². The van der Waals surface area contributed by atoms with Gasteiger partial charge in [0.25, 0.3) is 0 Å². The average molecular weight is 237 g/mol. The number of aryl methyl sites for hydroxylation is 2. The van der Waals surface area contributed by atoms with E-state index < -0.39 is 0 Å². The molecule has 1 N–H and O–H groups in total. The van der Waals surface area contributed by atoms with Gasteiger partial charge >= 0.3 is 0 Å². The lowest BCUT2D eigenvalue weighted by Gasteiger charge is -2.22. The smallest absolute Gasteiger partial charge is 0.0641 e. The third-order valence-electron chi connectivity index (χ3n) is 3.65. The second kappa shape index (κ2) is 5.65. The van der Waals surface area contributed by atoms with Crippen molar-refractivity contribution in [2.75, 3.05) is 19.8 Å². The maximum atomic E-state index is 5.48. The van der Waals surface area contributed by atoms with Gasteiger partial charge in [0.1, 0.15) is 0 Å². The highest BCUT2D eigenvalue weighted by atomic mass is 16.5. The number of rotatable bonds is 4. The Labute approximate surface area is 103 Å². The van der Waals surface area contributed by atoms with Crippen molar-refractivity contribution >= 4 is 0 Å². The van der Waals surface area contributed by atoms with E-state index in [-0.39, 0.29) is 0 Å². The van der Waals surface area contributed by atoms with Crippen LogP contribution < -0.4 is 5.32 Å². The second-order valence-corrected chi connectivity index (χ2v) is 4.99. The molecule has 4 heteroatoms. The van der Waals surface area contributed by atoms with Gasteiger partial charge in [0, 0.05) is 38.0 Å². The molecule has 0 saturated carbocycles. The number of hydrogen-bond donors (Lipinski definition) is 1. The van der Waals surface area contributed by atoms with E-state index in [0.29, 0.717) is 5.92 Å². The van der Waals surface area contributed by atoms with Crippen LogP contribution in [0.2, 0.25) is 0 Å². The molecule has 17 heavy (non-hydrogen) atoms.